The predicted molar refractivity (Wildman–Crippen MR) is 140 cm³/mol. The lowest BCUT2D eigenvalue weighted by molar-refractivity contribution is 0.0935. The molecule has 35 heavy (non-hydrogen) atoms. The Hall–Kier alpha value is -4.30. The van der Waals surface area contributed by atoms with E-state index in [1.807, 2.05) is 61.5 Å². The summed E-state index contributed by atoms with van der Waals surface area (Å²) < 4.78 is 5.52. The monoisotopic (exact) mass is 484 g/mol. The third kappa shape index (κ3) is 5.99. The van der Waals surface area contributed by atoms with E-state index in [2.05, 4.69) is 21.2 Å². The van der Waals surface area contributed by atoms with Crippen LogP contribution in [0.15, 0.2) is 84.9 Å². The van der Waals surface area contributed by atoms with Gasteiger partial charge in [-0.05, 0) is 55.0 Å². The summed E-state index contributed by atoms with van der Waals surface area (Å²) in [5.74, 6) is -0.118. The minimum atomic E-state index is -0.412. The number of rotatable bonds is 6. The highest BCUT2D eigenvalue weighted by Crippen LogP contribution is 2.24. The first-order valence-electron chi connectivity index (χ1n) is 11.1. The van der Waals surface area contributed by atoms with Gasteiger partial charge in [-0.3, -0.25) is 25.8 Å². The van der Waals surface area contributed by atoms with E-state index >= 15 is 0 Å². The van der Waals surface area contributed by atoms with Crippen LogP contribution in [-0.4, -0.2) is 28.5 Å². The summed E-state index contributed by atoms with van der Waals surface area (Å²) in [6, 6.07) is 25.5. The zero-order valence-electron chi connectivity index (χ0n) is 19.1. The lowest BCUT2D eigenvalue weighted by atomic mass is 10.0. The van der Waals surface area contributed by atoms with E-state index in [0.29, 0.717) is 40.1 Å². The maximum atomic E-state index is 13.1. The Labute approximate surface area is 208 Å². The number of nitrogens with zero attached hydrogens (tertiary/aromatic N) is 1. The molecule has 3 aromatic carbocycles. The highest BCUT2D eigenvalue weighted by molar-refractivity contribution is 7.80. The Morgan fingerprint density at radius 2 is 1.60 bits per heavy atom. The van der Waals surface area contributed by atoms with Gasteiger partial charge < -0.3 is 4.74 Å². The van der Waals surface area contributed by atoms with Gasteiger partial charge in [0.15, 0.2) is 5.11 Å². The lowest BCUT2D eigenvalue weighted by Crippen LogP contribution is -2.48. The second-order valence-electron chi connectivity index (χ2n) is 7.67. The summed E-state index contributed by atoms with van der Waals surface area (Å²) >= 11 is 5.22. The first kappa shape index (κ1) is 23.8. The van der Waals surface area contributed by atoms with Crippen molar-refractivity contribution in [2.24, 2.45) is 0 Å². The molecule has 0 saturated carbocycles. The summed E-state index contributed by atoms with van der Waals surface area (Å²) in [5.41, 5.74) is 8.18. The quantitative estimate of drug-likeness (QED) is 0.273. The second kappa shape index (κ2) is 11.2. The van der Waals surface area contributed by atoms with E-state index in [0.717, 1.165) is 12.0 Å². The third-order valence-electron chi connectivity index (χ3n) is 5.14. The summed E-state index contributed by atoms with van der Waals surface area (Å²) in [6.45, 7) is 2.63. The van der Waals surface area contributed by atoms with Crippen molar-refractivity contribution in [2.45, 2.75) is 13.3 Å². The molecular formula is C27H24N4O3S. The van der Waals surface area contributed by atoms with Gasteiger partial charge in [-0.2, -0.15) is 0 Å². The number of ether oxygens (including phenoxy) is 1. The van der Waals surface area contributed by atoms with Crippen LogP contribution >= 0.6 is 12.2 Å². The average Bonchev–Trinajstić information content (AvgIpc) is 2.90. The fourth-order valence-electron chi connectivity index (χ4n) is 3.43. The Balaban J connectivity index is 1.43. The number of pyridine rings is 1. The molecule has 1 aromatic heterocycles. The number of thiocarbonyl (C=S) groups is 1. The molecule has 7 nitrogen and oxygen atoms in total. The van der Waals surface area contributed by atoms with E-state index in [4.69, 9.17) is 17.0 Å². The van der Waals surface area contributed by atoms with E-state index in [-0.39, 0.29) is 5.11 Å². The van der Waals surface area contributed by atoms with E-state index < -0.39 is 11.8 Å². The van der Waals surface area contributed by atoms with E-state index in [1.54, 1.807) is 30.3 Å². The van der Waals surface area contributed by atoms with Crippen LogP contribution in [-0.2, 0) is 0 Å². The number of benzene rings is 3. The smallest absolute Gasteiger partial charge is 0.269 e. The van der Waals surface area contributed by atoms with Crippen LogP contribution in [0.2, 0.25) is 0 Å². The number of hydrogen-bond acceptors (Lipinski definition) is 5. The normalized spacial score (nSPS) is 10.4. The van der Waals surface area contributed by atoms with Gasteiger partial charge in [0.1, 0.15) is 5.75 Å². The molecule has 3 N–H and O–H groups in total. The van der Waals surface area contributed by atoms with Gasteiger partial charge >= 0.3 is 0 Å². The van der Waals surface area contributed by atoms with Crippen molar-refractivity contribution in [3.63, 3.8) is 0 Å². The Morgan fingerprint density at radius 3 is 2.34 bits per heavy atom. The molecule has 0 fully saturated rings. The molecule has 0 aliphatic rings. The molecule has 0 radical (unpaired) electrons. The average molecular weight is 485 g/mol. The van der Waals surface area contributed by atoms with Gasteiger partial charge in [-0.1, -0.05) is 55.5 Å². The zero-order chi connectivity index (χ0) is 24.6. The maximum Gasteiger partial charge on any atom is 0.269 e. The summed E-state index contributed by atoms with van der Waals surface area (Å²) in [6.07, 6.45) is 0.901. The van der Waals surface area contributed by atoms with Gasteiger partial charge in [0.2, 0.25) is 0 Å². The highest BCUT2D eigenvalue weighted by Gasteiger charge is 2.15. The molecule has 0 saturated heterocycles. The van der Waals surface area contributed by atoms with Crippen molar-refractivity contribution in [1.82, 2.24) is 21.2 Å². The molecule has 0 aliphatic heterocycles. The largest absolute Gasteiger partial charge is 0.494 e. The number of aromatic nitrogens is 1. The topological polar surface area (TPSA) is 92.4 Å². The zero-order valence-corrected chi connectivity index (χ0v) is 19.9. The van der Waals surface area contributed by atoms with Gasteiger partial charge in [0.05, 0.1) is 23.4 Å². The van der Waals surface area contributed by atoms with Crippen LogP contribution in [0.4, 0.5) is 0 Å². The standard InChI is InChI=1S/C27H24N4O3S/c1-2-16-34-20-14-12-19(13-15-20)25(32)30-31-27(35)29-26(33)22-17-24(18-8-4-3-5-9-18)28-23-11-7-6-10-21(22)23/h3-15,17H,2,16H2,1H3,(H,30,32)(H2,29,31,33,35). The first-order chi connectivity index (χ1) is 17.0. The fraction of sp³-hybridized carbons (Fsp3) is 0.111. The highest BCUT2D eigenvalue weighted by atomic mass is 32.1. The number of hydrazine groups is 1. The molecule has 0 spiro atoms. The molecule has 1 heterocycles. The Morgan fingerprint density at radius 1 is 0.886 bits per heavy atom. The van der Waals surface area contributed by atoms with Crippen molar-refractivity contribution >= 4 is 40.0 Å². The molecule has 176 valence electrons. The number of fused-ring (bicyclic) bond motifs is 1. The number of carbonyl (C=O) groups is 2. The molecule has 4 aromatic rings. The molecule has 0 atom stereocenters. The van der Waals surface area contributed by atoms with Crippen molar-refractivity contribution in [1.29, 1.82) is 0 Å². The summed E-state index contributed by atoms with van der Waals surface area (Å²) in [4.78, 5) is 30.2. The van der Waals surface area contributed by atoms with Crippen LogP contribution in [0.5, 0.6) is 5.75 Å². The number of nitrogens with one attached hydrogen (secondary N) is 3. The van der Waals surface area contributed by atoms with E-state index in [1.165, 1.54) is 0 Å². The van der Waals surface area contributed by atoms with Crippen LogP contribution < -0.4 is 20.9 Å². The molecular weight excluding hydrogens is 460 g/mol. The molecule has 8 heteroatoms. The number of amides is 2. The Kier molecular flexibility index (Phi) is 7.64. The van der Waals surface area contributed by atoms with Crippen LogP contribution in [0, 0.1) is 0 Å². The minimum Gasteiger partial charge on any atom is -0.494 e. The Bertz CT molecular complexity index is 1360. The third-order valence-corrected chi connectivity index (χ3v) is 5.34. The first-order valence-corrected chi connectivity index (χ1v) is 11.6. The van der Waals surface area contributed by atoms with Crippen molar-refractivity contribution < 1.29 is 14.3 Å². The van der Waals surface area contributed by atoms with Gasteiger partial charge in [0.25, 0.3) is 11.8 Å². The molecule has 0 aliphatic carbocycles. The number of hydrogen-bond donors (Lipinski definition) is 3. The van der Waals surface area contributed by atoms with Gasteiger partial charge in [-0.25, -0.2) is 4.98 Å². The minimum absolute atomic E-state index is 0.0339. The van der Waals surface area contributed by atoms with Gasteiger partial charge in [0, 0.05) is 16.5 Å². The molecule has 4 rings (SSSR count). The summed E-state index contributed by atoms with van der Waals surface area (Å²) in [5, 5.41) is 3.29. The number of para-hydroxylation sites is 1. The SMILES string of the molecule is CCCOc1ccc(C(=O)NNC(=S)NC(=O)c2cc(-c3ccccc3)nc3ccccc23)cc1. The second-order valence-corrected chi connectivity index (χ2v) is 8.08. The molecule has 0 unspecified atom stereocenters. The van der Waals surface area contributed by atoms with E-state index in [9.17, 15) is 9.59 Å². The van der Waals surface area contributed by atoms with Crippen molar-refractivity contribution in [3.8, 4) is 17.0 Å². The van der Waals surface area contributed by atoms with Crippen molar-refractivity contribution in [3.05, 3.63) is 96.1 Å². The molecule has 0 bridgehead atoms. The van der Waals surface area contributed by atoms with Crippen LogP contribution in [0.3, 0.4) is 0 Å². The van der Waals surface area contributed by atoms with Crippen molar-refractivity contribution in [2.75, 3.05) is 6.61 Å². The fourth-order valence-corrected chi connectivity index (χ4v) is 3.57. The van der Waals surface area contributed by atoms with Gasteiger partial charge in [-0.15, -0.1) is 0 Å². The summed E-state index contributed by atoms with van der Waals surface area (Å²) in [7, 11) is 0. The number of carbonyl (C=O) groups excluding carboxylic acids is 2. The predicted octanol–water partition coefficient (Wildman–Crippen LogP) is 4.64. The van der Waals surface area contributed by atoms with Crippen LogP contribution in [0.25, 0.3) is 22.2 Å². The maximum absolute atomic E-state index is 13.1. The lowest BCUT2D eigenvalue weighted by Gasteiger charge is -2.13. The van der Waals surface area contributed by atoms with Crippen LogP contribution in [0.1, 0.15) is 34.1 Å². The molecule has 2 amide bonds.